The predicted molar refractivity (Wildman–Crippen MR) is 51.1 cm³/mol. The molecule has 2 rings (SSSR count). The third-order valence-corrected chi connectivity index (χ3v) is 2.41. The van der Waals surface area contributed by atoms with Crippen LogP contribution in [0.2, 0.25) is 0 Å². The molecule has 0 aromatic carbocycles. The summed E-state index contributed by atoms with van der Waals surface area (Å²) in [6.07, 6.45) is 8.19. The highest BCUT2D eigenvalue weighted by Crippen LogP contribution is 2.19. The van der Waals surface area contributed by atoms with Crippen LogP contribution >= 0.6 is 0 Å². The molecule has 0 spiro atoms. The lowest BCUT2D eigenvalue weighted by molar-refractivity contribution is 0.0689. The maximum absolute atomic E-state index is 10.6. The van der Waals surface area contributed by atoms with Gasteiger partial charge in [0.25, 0.3) is 0 Å². The van der Waals surface area contributed by atoms with Crippen molar-refractivity contribution in [2.45, 2.75) is 19.4 Å². The molecule has 0 saturated heterocycles. The molecule has 0 atom stereocenters. The van der Waals surface area contributed by atoms with E-state index in [9.17, 15) is 4.79 Å². The zero-order chi connectivity index (χ0) is 9.97. The first-order valence-electron chi connectivity index (χ1n) is 4.67. The van der Waals surface area contributed by atoms with Gasteiger partial charge in [-0.3, -0.25) is 4.68 Å². The highest BCUT2D eigenvalue weighted by Gasteiger charge is 2.12. The number of carboxylic acids is 1. The number of hydrogen-bond acceptors (Lipinski definition) is 2. The Hall–Kier alpha value is -1.58. The largest absolute Gasteiger partial charge is 0.476 e. The fourth-order valence-corrected chi connectivity index (χ4v) is 1.66. The van der Waals surface area contributed by atoms with Gasteiger partial charge in [-0.25, -0.2) is 4.79 Å². The van der Waals surface area contributed by atoms with Crippen LogP contribution in [0.5, 0.6) is 0 Å². The SMILES string of the molecule is O=C(O)c1ccn(CC2CC=CC2)n1. The Balaban J connectivity index is 1.99. The summed E-state index contributed by atoms with van der Waals surface area (Å²) in [6.45, 7) is 0.806. The lowest BCUT2D eigenvalue weighted by atomic mass is 10.1. The van der Waals surface area contributed by atoms with Gasteiger partial charge in [-0.1, -0.05) is 12.2 Å². The molecule has 1 aromatic heterocycles. The van der Waals surface area contributed by atoms with Gasteiger partial charge in [-0.2, -0.15) is 5.10 Å². The Morgan fingerprint density at radius 2 is 2.29 bits per heavy atom. The fourth-order valence-electron chi connectivity index (χ4n) is 1.66. The van der Waals surface area contributed by atoms with Crippen molar-refractivity contribution in [3.8, 4) is 0 Å². The number of allylic oxidation sites excluding steroid dienone is 2. The average molecular weight is 192 g/mol. The van der Waals surface area contributed by atoms with Gasteiger partial charge in [0.05, 0.1) is 0 Å². The van der Waals surface area contributed by atoms with E-state index < -0.39 is 5.97 Å². The van der Waals surface area contributed by atoms with Gasteiger partial charge < -0.3 is 5.11 Å². The molecule has 1 aliphatic carbocycles. The monoisotopic (exact) mass is 192 g/mol. The Labute approximate surface area is 81.9 Å². The number of carbonyl (C=O) groups is 1. The third-order valence-electron chi connectivity index (χ3n) is 2.41. The highest BCUT2D eigenvalue weighted by molar-refractivity contribution is 5.84. The third kappa shape index (κ3) is 1.84. The van der Waals surface area contributed by atoms with Crippen LogP contribution in [0.1, 0.15) is 23.3 Å². The van der Waals surface area contributed by atoms with Crippen LogP contribution in [0.4, 0.5) is 0 Å². The summed E-state index contributed by atoms with van der Waals surface area (Å²) in [5, 5.41) is 12.6. The lowest BCUT2D eigenvalue weighted by Gasteiger charge is -2.07. The van der Waals surface area contributed by atoms with Gasteiger partial charge in [0.15, 0.2) is 5.69 Å². The number of aromatic carboxylic acids is 1. The van der Waals surface area contributed by atoms with Gasteiger partial charge in [0.2, 0.25) is 0 Å². The van der Waals surface area contributed by atoms with Crippen molar-refractivity contribution < 1.29 is 9.90 Å². The molecule has 4 nitrogen and oxygen atoms in total. The van der Waals surface area contributed by atoms with Crippen LogP contribution in [-0.2, 0) is 6.54 Å². The molecule has 0 amide bonds. The summed E-state index contributed by atoms with van der Waals surface area (Å²) >= 11 is 0. The van der Waals surface area contributed by atoms with Crippen molar-refractivity contribution in [2.75, 3.05) is 0 Å². The maximum atomic E-state index is 10.6. The van der Waals surface area contributed by atoms with Crippen molar-refractivity contribution in [2.24, 2.45) is 5.92 Å². The second-order valence-corrected chi connectivity index (χ2v) is 3.54. The summed E-state index contributed by atoms with van der Waals surface area (Å²) in [4.78, 5) is 10.6. The predicted octanol–water partition coefficient (Wildman–Crippen LogP) is 1.55. The lowest BCUT2D eigenvalue weighted by Crippen LogP contribution is -2.09. The maximum Gasteiger partial charge on any atom is 0.356 e. The van der Waals surface area contributed by atoms with Crippen LogP contribution in [-0.4, -0.2) is 20.9 Å². The summed E-state index contributed by atoms with van der Waals surface area (Å²) < 4.78 is 1.71. The van der Waals surface area contributed by atoms with Gasteiger partial charge in [0.1, 0.15) is 0 Å². The van der Waals surface area contributed by atoms with Crippen molar-refractivity contribution in [3.63, 3.8) is 0 Å². The van der Waals surface area contributed by atoms with Gasteiger partial charge >= 0.3 is 5.97 Å². The topological polar surface area (TPSA) is 55.1 Å². The fraction of sp³-hybridized carbons (Fsp3) is 0.400. The molecule has 1 aromatic rings. The van der Waals surface area contributed by atoms with E-state index in [1.165, 1.54) is 6.07 Å². The minimum atomic E-state index is -0.965. The zero-order valence-corrected chi connectivity index (χ0v) is 7.76. The first-order valence-corrected chi connectivity index (χ1v) is 4.67. The number of carboxylic acid groups (broad SMARTS) is 1. The molecular formula is C10H12N2O2. The Bertz CT molecular complexity index is 360. The average Bonchev–Trinajstić information content (AvgIpc) is 2.75. The van der Waals surface area contributed by atoms with Gasteiger partial charge in [-0.05, 0) is 24.8 Å². The molecule has 1 heterocycles. The second-order valence-electron chi connectivity index (χ2n) is 3.54. The number of rotatable bonds is 3. The molecule has 0 bridgehead atoms. The molecule has 74 valence electrons. The van der Waals surface area contributed by atoms with Crippen LogP contribution in [0.3, 0.4) is 0 Å². The summed E-state index contributed by atoms with van der Waals surface area (Å²) in [7, 11) is 0. The van der Waals surface area contributed by atoms with E-state index in [-0.39, 0.29) is 5.69 Å². The van der Waals surface area contributed by atoms with E-state index in [0.717, 1.165) is 19.4 Å². The zero-order valence-electron chi connectivity index (χ0n) is 7.76. The van der Waals surface area contributed by atoms with Crippen LogP contribution < -0.4 is 0 Å². The Morgan fingerprint density at radius 3 is 2.86 bits per heavy atom. The number of hydrogen-bond donors (Lipinski definition) is 1. The van der Waals surface area contributed by atoms with Crippen molar-refractivity contribution in [1.29, 1.82) is 0 Å². The van der Waals surface area contributed by atoms with E-state index in [4.69, 9.17) is 5.11 Å². The summed E-state index contributed by atoms with van der Waals surface area (Å²) in [5.74, 6) is -0.384. The smallest absolute Gasteiger partial charge is 0.356 e. The molecule has 0 fully saturated rings. The van der Waals surface area contributed by atoms with Crippen molar-refractivity contribution in [1.82, 2.24) is 9.78 Å². The van der Waals surface area contributed by atoms with Crippen LogP contribution in [0.15, 0.2) is 24.4 Å². The standard InChI is InChI=1S/C10H12N2O2/c13-10(14)9-5-6-12(11-9)7-8-3-1-2-4-8/h1-2,5-6,8H,3-4,7H2,(H,13,14). The highest BCUT2D eigenvalue weighted by atomic mass is 16.4. The summed E-state index contributed by atoms with van der Waals surface area (Å²) in [5.41, 5.74) is 0.121. The summed E-state index contributed by atoms with van der Waals surface area (Å²) in [6, 6.07) is 1.53. The minimum absolute atomic E-state index is 0.121. The van der Waals surface area contributed by atoms with Crippen LogP contribution in [0, 0.1) is 5.92 Å². The van der Waals surface area contributed by atoms with Gasteiger partial charge in [-0.15, -0.1) is 0 Å². The number of aromatic nitrogens is 2. The number of nitrogens with zero attached hydrogens (tertiary/aromatic N) is 2. The van der Waals surface area contributed by atoms with E-state index >= 15 is 0 Å². The minimum Gasteiger partial charge on any atom is -0.476 e. The molecule has 1 N–H and O–H groups in total. The molecule has 0 unspecified atom stereocenters. The van der Waals surface area contributed by atoms with E-state index in [2.05, 4.69) is 17.3 Å². The first kappa shape index (κ1) is 8.99. The second kappa shape index (κ2) is 3.65. The van der Waals surface area contributed by atoms with Crippen molar-refractivity contribution in [3.05, 3.63) is 30.1 Å². The van der Waals surface area contributed by atoms with E-state index in [1.807, 2.05) is 0 Å². The van der Waals surface area contributed by atoms with E-state index in [0.29, 0.717) is 5.92 Å². The molecule has 0 aliphatic heterocycles. The van der Waals surface area contributed by atoms with Crippen molar-refractivity contribution >= 4 is 5.97 Å². The molecule has 1 aliphatic rings. The Kier molecular flexibility index (Phi) is 2.35. The van der Waals surface area contributed by atoms with E-state index in [1.54, 1.807) is 10.9 Å². The molecular weight excluding hydrogens is 180 g/mol. The quantitative estimate of drug-likeness (QED) is 0.739. The first-order chi connectivity index (χ1) is 6.75. The normalized spacial score (nSPS) is 16.3. The Morgan fingerprint density at radius 1 is 1.57 bits per heavy atom. The van der Waals surface area contributed by atoms with Crippen LogP contribution in [0.25, 0.3) is 0 Å². The molecule has 4 heteroatoms. The molecule has 0 saturated carbocycles. The van der Waals surface area contributed by atoms with Gasteiger partial charge in [0, 0.05) is 12.7 Å². The molecule has 0 radical (unpaired) electrons. The molecule has 14 heavy (non-hydrogen) atoms.